The molecule has 0 bridgehead atoms. The number of aromatic nitrogens is 4. The molecule has 1 amide bonds. The first-order chi connectivity index (χ1) is 8.63. The molecule has 0 aromatic carbocycles. The fourth-order valence-corrected chi connectivity index (χ4v) is 1.61. The molecule has 0 radical (unpaired) electrons. The summed E-state index contributed by atoms with van der Waals surface area (Å²) in [7, 11) is 0. The maximum atomic E-state index is 11.8. The molecular formula is C10H11N5O3. The molecule has 2 aromatic rings. The fourth-order valence-electron chi connectivity index (χ4n) is 1.61. The van der Waals surface area contributed by atoms with Crippen molar-refractivity contribution < 1.29 is 14.7 Å². The molecule has 2 rings (SSSR count). The highest BCUT2D eigenvalue weighted by molar-refractivity contribution is 5.96. The number of aryl methyl sites for hydroxylation is 1. The maximum Gasteiger partial charge on any atom is 0.322 e. The summed E-state index contributed by atoms with van der Waals surface area (Å²) in [5.74, 6) is -1.18. The third-order valence-corrected chi connectivity index (χ3v) is 2.39. The number of aliphatic carboxylic acids is 1. The lowest BCUT2D eigenvalue weighted by Crippen LogP contribution is -2.30. The van der Waals surface area contributed by atoms with Gasteiger partial charge in [-0.3, -0.25) is 9.59 Å². The Balaban J connectivity index is 2.37. The van der Waals surface area contributed by atoms with Crippen molar-refractivity contribution in [3.8, 4) is 0 Å². The summed E-state index contributed by atoms with van der Waals surface area (Å²) < 4.78 is 1.47. The molecule has 2 heterocycles. The Bertz CT molecular complexity index is 607. The van der Waals surface area contributed by atoms with Crippen LogP contribution in [0.4, 0.5) is 0 Å². The molecule has 0 aliphatic rings. The van der Waals surface area contributed by atoms with Crippen molar-refractivity contribution in [2.24, 2.45) is 0 Å². The van der Waals surface area contributed by atoms with Crippen LogP contribution in [-0.2, 0) is 11.2 Å². The highest BCUT2D eigenvalue weighted by atomic mass is 16.4. The van der Waals surface area contributed by atoms with Gasteiger partial charge in [0.25, 0.3) is 11.7 Å². The van der Waals surface area contributed by atoms with E-state index < -0.39 is 18.4 Å². The Labute approximate surface area is 102 Å². The molecule has 8 heteroatoms. The van der Waals surface area contributed by atoms with E-state index in [1.165, 1.54) is 17.0 Å². The number of fused-ring (bicyclic) bond motifs is 1. The largest absolute Gasteiger partial charge is 0.480 e. The Hall–Kier alpha value is -2.51. The van der Waals surface area contributed by atoms with E-state index in [9.17, 15) is 9.59 Å². The number of hydrogen-bond donors (Lipinski definition) is 2. The topological polar surface area (TPSA) is 109 Å². The Morgan fingerprint density at radius 3 is 2.89 bits per heavy atom. The number of carboxylic acid groups (broad SMARTS) is 1. The van der Waals surface area contributed by atoms with Crippen molar-refractivity contribution in [1.82, 2.24) is 24.9 Å². The second-order valence-electron chi connectivity index (χ2n) is 3.52. The third kappa shape index (κ3) is 2.12. The number of carbonyl (C=O) groups excluding carboxylic acids is 1. The summed E-state index contributed by atoms with van der Waals surface area (Å²) in [6, 6.07) is 0. The van der Waals surface area contributed by atoms with Crippen molar-refractivity contribution in [2.45, 2.75) is 13.3 Å². The summed E-state index contributed by atoms with van der Waals surface area (Å²) in [6.45, 7) is 1.43. The zero-order valence-corrected chi connectivity index (χ0v) is 9.62. The smallest absolute Gasteiger partial charge is 0.322 e. The van der Waals surface area contributed by atoms with Gasteiger partial charge in [0.15, 0.2) is 0 Å². The highest BCUT2D eigenvalue weighted by Gasteiger charge is 2.15. The zero-order chi connectivity index (χ0) is 13.1. The number of carboxylic acids is 1. The number of nitrogens with zero attached hydrogens (tertiary/aromatic N) is 4. The van der Waals surface area contributed by atoms with E-state index in [1.54, 1.807) is 0 Å². The predicted molar refractivity (Wildman–Crippen MR) is 60.1 cm³/mol. The number of amides is 1. The van der Waals surface area contributed by atoms with Crippen LogP contribution in [0.5, 0.6) is 0 Å². The summed E-state index contributed by atoms with van der Waals surface area (Å²) in [5.41, 5.74) is 0.942. The lowest BCUT2D eigenvalue weighted by atomic mass is 10.2. The molecule has 2 N–H and O–H groups in total. The van der Waals surface area contributed by atoms with Crippen molar-refractivity contribution in [1.29, 1.82) is 0 Å². The molecule has 0 unspecified atom stereocenters. The Kier molecular flexibility index (Phi) is 3.18. The molecule has 0 fully saturated rings. The monoisotopic (exact) mass is 249 g/mol. The summed E-state index contributed by atoms with van der Waals surface area (Å²) in [6.07, 6.45) is 3.28. The first kappa shape index (κ1) is 12.0. The summed E-state index contributed by atoms with van der Waals surface area (Å²) in [4.78, 5) is 30.1. The second-order valence-corrected chi connectivity index (χ2v) is 3.52. The number of rotatable bonds is 4. The van der Waals surface area contributed by atoms with Gasteiger partial charge in [0.1, 0.15) is 12.9 Å². The van der Waals surface area contributed by atoms with E-state index in [0.717, 1.165) is 0 Å². The Morgan fingerprint density at radius 2 is 2.22 bits per heavy atom. The summed E-state index contributed by atoms with van der Waals surface area (Å²) in [5, 5.41) is 14.8. The van der Waals surface area contributed by atoms with E-state index in [-0.39, 0.29) is 0 Å². The number of hydrogen-bond acceptors (Lipinski definition) is 5. The highest BCUT2D eigenvalue weighted by Crippen LogP contribution is 2.09. The average Bonchev–Trinajstić information content (AvgIpc) is 2.82. The molecule has 8 nitrogen and oxygen atoms in total. The zero-order valence-electron chi connectivity index (χ0n) is 9.62. The lowest BCUT2D eigenvalue weighted by Gasteiger charge is -2.08. The first-order valence-corrected chi connectivity index (χ1v) is 5.31. The molecular weight excluding hydrogens is 238 g/mol. The van der Waals surface area contributed by atoms with Crippen molar-refractivity contribution in [2.75, 3.05) is 6.54 Å². The minimum absolute atomic E-state index is 0.303. The molecule has 0 aliphatic heterocycles. The molecule has 0 saturated heterocycles. The van der Waals surface area contributed by atoms with Gasteiger partial charge in [-0.25, -0.2) is 9.50 Å². The van der Waals surface area contributed by atoms with Gasteiger partial charge in [-0.15, -0.1) is 0 Å². The van der Waals surface area contributed by atoms with Crippen LogP contribution in [0.3, 0.4) is 0 Å². The van der Waals surface area contributed by atoms with Crippen molar-refractivity contribution in [3.05, 3.63) is 23.8 Å². The molecule has 0 atom stereocenters. The Morgan fingerprint density at radius 1 is 1.44 bits per heavy atom. The maximum absolute atomic E-state index is 11.8. The van der Waals surface area contributed by atoms with E-state index in [4.69, 9.17) is 5.11 Å². The van der Waals surface area contributed by atoms with E-state index in [0.29, 0.717) is 23.5 Å². The number of nitrogens with one attached hydrogen (secondary N) is 1. The molecule has 2 aromatic heterocycles. The molecule has 0 spiro atoms. The van der Waals surface area contributed by atoms with Crippen LogP contribution in [0, 0.1) is 0 Å². The van der Waals surface area contributed by atoms with Crippen LogP contribution in [0.25, 0.3) is 5.78 Å². The number of carbonyl (C=O) groups is 2. The van der Waals surface area contributed by atoms with Gasteiger partial charge >= 0.3 is 5.97 Å². The fraction of sp³-hybridized carbons (Fsp3) is 0.300. The van der Waals surface area contributed by atoms with Gasteiger partial charge in [0, 0.05) is 6.20 Å². The molecule has 0 saturated carbocycles. The van der Waals surface area contributed by atoms with Gasteiger partial charge in [-0.1, -0.05) is 6.92 Å². The van der Waals surface area contributed by atoms with Crippen LogP contribution >= 0.6 is 0 Å². The minimum Gasteiger partial charge on any atom is -0.480 e. The van der Waals surface area contributed by atoms with Gasteiger partial charge in [0.2, 0.25) is 0 Å². The third-order valence-electron chi connectivity index (χ3n) is 2.39. The molecule has 0 aliphatic carbocycles. The molecule has 18 heavy (non-hydrogen) atoms. The van der Waals surface area contributed by atoms with Crippen LogP contribution < -0.4 is 5.32 Å². The molecule has 94 valence electrons. The first-order valence-electron chi connectivity index (χ1n) is 5.31. The van der Waals surface area contributed by atoms with E-state index in [2.05, 4.69) is 20.4 Å². The minimum atomic E-state index is -1.10. The van der Waals surface area contributed by atoms with E-state index in [1.807, 2.05) is 6.92 Å². The van der Waals surface area contributed by atoms with Gasteiger partial charge < -0.3 is 10.4 Å². The van der Waals surface area contributed by atoms with Gasteiger partial charge in [-0.05, 0) is 6.42 Å². The quantitative estimate of drug-likeness (QED) is 0.756. The van der Waals surface area contributed by atoms with E-state index >= 15 is 0 Å². The second kappa shape index (κ2) is 4.78. The van der Waals surface area contributed by atoms with Crippen molar-refractivity contribution >= 4 is 17.7 Å². The SMILES string of the molecule is CCc1c(C(=O)NCC(=O)O)cnc2ncnn12. The normalized spacial score (nSPS) is 10.5. The van der Waals surface area contributed by atoms with Crippen LogP contribution in [0.15, 0.2) is 12.5 Å². The predicted octanol–water partition coefficient (Wildman–Crippen LogP) is -0.499. The standard InChI is InChI=1S/C10H11N5O3/c1-2-7-6(9(18)11-4-8(16)17)3-12-10-13-5-14-15(7)10/h3,5H,2,4H2,1H3,(H,11,18)(H,16,17). The van der Waals surface area contributed by atoms with Crippen LogP contribution in [0.2, 0.25) is 0 Å². The van der Waals surface area contributed by atoms with Crippen LogP contribution in [-0.4, -0.2) is 43.1 Å². The lowest BCUT2D eigenvalue weighted by molar-refractivity contribution is -0.135. The van der Waals surface area contributed by atoms with Crippen molar-refractivity contribution in [3.63, 3.8) is 0 Å². The van der Waals surface area contributed by atoms with Gasteiger partial charge in [-0.2, -0.15) is 10.1 Å². The summed E-state index contributed by atoms with van der Waals surface area (Å²) >= 11 is 0. The van der Waals surface area contributed by atoms with Gasteiger partial charge in [0.05, 0.1) is 11.3 Å². The van der Waals surface area contributed by atoms with Crippen LogP contribution in [0.1, 0.15) is 23.0 Å². The average molecular weight is 249 g/mol.